The molecule has 0 aromatic heterocycles. The van der Waals surface area contributed by atoms with Crippen LogP contribution in [-0.4, -0.2) is 81.7 Å². The van der Waals surface area contributed by atoms with Gasteiger partial charge in [0.2, 0.25) is 23.6 Å². The molecule has 0 spiro atoms. The maximum atomic E-state index is 13.4. The molecule has 2 aromatic rings. The highest BCUT2D eigenvalue weighted by atomic mass is 35.5. The zero-order valence-electron chi connectivity index (χ0n) is 22.4. The molecule has 4 amide bonds. The summed E-state index contributed by atoms with van der Waals surface area (Å²) >= 11 is 6.45. The summed E-state index contributed by atoms with van der Waals surface area (Å²) in [5.41, 5.74) is 18.9. The van der Waals surface area contributed by atoms with Gasteiger partial charge in [0.25, 0.3) is 0 Å². The molecule has 226 valence electrons. The molecule has 15 heteroatoms. The summed E-state index contributed by atoms with van der Waals surface area (Å²) in [5, 5.41) is 37.1. The number of nitrogens with two attached hydrogens (primary N) is 3. The van der Waals surface area contributed by atoms with Crippen molar-refractivity contribution < 1.29 is 39.3 Å². The van der Waals surface area contributed by atoms with Gasteiger partial charge in [-0.3, -0.25) is 24.0 Å². The van der Waals surface area contributed by atoms with E-state index in [1.807, 2.05) is 0 Å². The van der Waals surface area contributed by atoms with Gasteiger partial charge in [-0.05, 0) is 46.5 Å². The normalized spacial score (nSPS) is 20.6. The van der Waals surface area contributed by atoms with Crippen molar-refractivity contribution in [3.05, 3.63) is 52.5 Å². The van der Waals surface area contributed by atoms with Crippen molar-refractivity contribution >= 4 is 41.2 Å². The van der Waals surface area contributed by atoms with Crippen LogP contribution in [0.2, 0.25) is 5.02 Å². The van der Waals surface area contributed by atoms with Crippen molar-refractivity contribution in [1.82, 2.24) is 16.0 Å². The molecule has 1 aliphatic heterocycles. The number of nitrogens with one attached hydrogen (secondary N) is 3. The van der Waals surface area contributed by atoms with E-state index < -0.39 is 66.3 Å². The molecule has 42 heavy (non-hydrogen) atoms. The predicted octanol–water partition coefficient (Wildman–Crippen LogP) is -1.74. The van der Waals surface area contributed by atoms with Gasteiger partial charge in [0.1, 0.15) is 23.9 Å². The van der Waals surface area contributed by atoms with Crippen molar-refractivity contribution in [3.63, 3.8) is 0 Å². The minimum atomic E-state index is -1.59. The lowest BCUT2D eigenvalue weighted by Crippen LogP contribution is -2.59. The highest BCUT2D eigenvalue weighted by Gasteiger charge is 2.32. The van der Waals surface area contributed by atoms with E-state index >= 15 is 0 Å². The molecule has 5 atom stereocenters. The maximum Gasteiger partial charge on any atom is 0.305 e. The number of halogens is 1. The van der Waals surface area contributed by atoms with E-state index in [1.54, 1.807) is 30.3 Å². The van der Waals surface area contributed by atoms with Gasteiger partial charge >= 0.3 is 5.97 Å². The number of aliphatic hydroxyl groups excluding tert-OH is 1. The zero-order valence-corrected chi connectivity index (χ0v) is 23.1. The summed E-state index contributed by atoms with van der Waals surface area (Å²) in [6.07, 6.45) is -2.68. The van der Waals surface area contributed by atoms with Crippen LogP contribution in [0.5, 0.6) is 5.75 Å². The summed E-state index contributed by atoms with van der Waals surface area (Å²) < 4.78 is 0. The Labute approximate surface area is 245 Å². The smallest absolute Gasteiger partial charge is 0.305 e. The van der Waals surface area contributed by atoms with Crippen molar-refractivity contribution in [2.45, 2.75) is 56.0 Å². The molecular weight excluding hydrogens is 572 g/mol. The molecule has 0 fully saturated rings. The summed E-state index contributed by atoms with van der Waals surface area (Å²) in [4.78, 5) is 62.8. The fraction of sp³-hybridized carbons (Fsp3) is 0.370. The zero-order chi connectivity index (χ0) is 31.1. The van der Waals surface area contributed by atoms with Crippen LogP contribution in [0, 0.1) is 0 Å². The number of aliphatic hydroxyl groups is 1. The Kier molecular flexibility index (Phi) is 10.8. The van der Waals surface area contributed by atoms with Gasteiger partial charge in [-0.2, -0.15) is 0 Å². The second-order valence-corrected chi connectivity index (χ2v) is 10.4. The summed E-state index contributed by atoms with van der Waals surface area (Å²) in [7, 11) is 0. The Morgan fingerprint density at radius 2 is 1.67 bits per heavy atom. The third-order valence-electron chi connectivity index (χ3n) is 6.74. The number of carbonyl (C=O) groups excluding carboxylic acids is 4. The molecule has 4 bridgehead atoms. The summed E-state index contributed by atoms with van der Waals surface area (Å²) in [6, 6.07) is 3.99. The number of aliphatic carboxylic acids is 1. The summed E-state index contributed by atoms with van der Waals surface area (Å²) in [6.45, 7) is -0.242. The number of phenols is 1. The Bertz CT molecular complexity index is 1370. The van der Waals surface area contributed by atoms with Crippen LogP contribution in [0.3, 0.4) is 0 Å². The number of carbonyl (C=O) groups is 5. The third kappa shape index (κ3) is 8.39. The standard InChI is InChI=1S/C27H33ClN6O8/c28-17-3-1-12-5-14(17)8-20(26(41)32-19(24(31)39)10-23(37)38)34-27(42)21(9-16(35)11-29)33-25(40)18(30)7-15-6-13(12)2-4-22(15)36/h1-6,16,18-21,35-36H,7-11,29-30H2,(H2,31,39)(H,32,41)(H,33,40)(H,34,42)(H,37,38)/t16-,18+,19+,20+,21+/m1/s1. The Hall–Kier alpha value is -4.24. The lowest BCUT2D eigenvalue weighted by atomic mass is 9.95. The van der Waals surface area contributed by atoms with Crippen LogP contribution in [-0.2, 0) is 36.8 Å². The highest BCUT2D eigenvalue weighted by Crippen LogP contribution is 2.30. The fourth-order valence-electron chi connectivity index (χ4n) is 4.42. The van der Waals surface area contributed by atoms with Gasteiger partial charge in [0.05, 0.1) is 18.6 Å². The first-order chi connectivity index (χ1) is 19.8. The number of benzene rings is 2. The first kappa shape index (κ1) is 32.3. The SMILES string of the molecule is NC[C@H](O)C[C@@H]1NC(=O)[C@@H](N)Cc2cc(ccc2O)-c2ccc(Cl)c(c2)C[C@@H](C(=O)N[C@@H](CC(=O)O)C(N)=O)NC1=O. The van der Waals surface area contributed by atoms with E-state index in [0.29, 0.717) is 22.3 Å². The van der Waals surface area contributed by atoms with Crippen LogP contribution < -0.4 is 33.2 Å². The van der Waals surface area contributed by atoms with Gasteiger partial charge < -0.3 is 48.5 Å². The van der Waals surface area contributed by atoms with Crippen LogP contribution in [0.25, 0.3) is 11.1 Å². The molecule has 0 aliphatic carbocycles. The number of rotatable bonds is 8. The van der Waals surface area contributed by atoms with Crippen LogP contribution in [0.15, 0.2) is 36.4 Å². The number of primary amides is 1. The second-order valence-electron chi connectivity index (χ2n) is 9.97. The van der Waals surface area contributed by atoms with Gasteiger partial charge in [-0.15, -0.1) is 0 Å². The van der Waals surface area contributed by atoms with Crippen molar-refractivity contribution in [2.75, 3.05) is 6.54 Å². The largest absolute Gasteiger partial charge is 0.508 e. The lowest BCUT2D eigenvalue weighted by molar-refractivity contribution is -0.140. The molecule has 1 heterocycles. The maximum absolute atomic E-state index is 13.4. The van der Waals surface area contributed by atoms with Crippen molar-refractivity contribution in [3.8, 4) is 16.9 Å². The molecule has 0 saturated heterocycles. The van der Waals surface area contributed by atoms with E-state index in [9.17, 15) is 34.2 Å². The van der Waals surface area contributed by atoms with E-state index in [-0.39, 0.29) is 36.6 Å². The Morgan fingerprint density at radius 1 is 1.02 bits per heavy atom. The average molecular weight is 605 g/mol. The van der Waals surface area contributed by atoms with E-state index in [1.165, 1.54) is 6.07 Å². The quantitative estimate of drug-likeness (QED) is 0.164. The number of hydrogen-bond donors (Lipinski definition) is 9. The molecule has 12 N–H and O–H groups in total. The first-order valence-corrected chi connectivity index (χ1v) is 13.3. The van der Waals surface area contributed by atoms with Crippen molar-refractivity contribution in [2.24, 2.45) is 17.2 Å². The topological polar surface area (TPSA) is 260 Å². The number of phenolic OH excluding ortho intramolecular Hbond substituents is 1. The van der Waals surface area contributed by atoms with Gasteiger partial charge in [-0.25, -0.2) is 0 Å². The summed E-state index contributed by atoms with van der Waals surface area (Å²) in [5.74, 6) is -5.24. The van der Waals surface area contributed by atoms with E-state index in [0.717, 1.165) is 0 Å². The van der Waals surface area contributed by atoms with Gasteiger partial charge in [-0.1, -0.05) is 23.7 Å². The van der Waals surface area contributed by atoms with Gasteiger partial charge in [0.15, 0.2) is 0 Å². The van der Waals surface area contributed by atoms with E-state index in [2.05, 4.69) is 16.0 Å². The molecule has 0 saturated carbocycles. The lowest BCUT2D eigenvalue weighted by Gasteiger charge is -2.26. The Morgan fingerprint density at radius 3 is 2.29 bits per heavy atom. The van der Waals surface area contributed by atoms with Crippen LogP contribution in [0.4, 0.5) is 0 Å². The Balaban J connectivity index is 2.11. The third-order valence-corrected chi connectivity index (χ3v) is 7.11. The molecule has 14 nitrogen and oxygen atoms in total. The number of carboxylic acid groups (broad SMARTS) is 1. The van der Waals surface area contributed by atoms with Crippen LogP contribution in [0.1, 0.15) is 24.0 Å². The molecule has 2 aromatic carbocycles. The highest BCUT2D eigenvalue weighted by molar-refractivity contribution is 6.31. The first-order valence-electron chi connectivity index (χ1n) is 13.0. The number of carboxylic acids is 1. The molecule has 0 unspecified atom stereocenters. The predicted molar refractivity (Wildman–Crippen MR) is 151 cm³/mol. The van der Waals surface area contributed by atoms with E-state index in [4.69, 9.17) is 33.9 Å². The molecule has 1 aliphatic rings. The van der Waals surface area contributed by atoms with Crippen LogP contribution >= 0.6 is 11.6 Å². The molecule has 0 radical (unpaired) electrons. The number of amides is 4. The number of aromatic hydroxyl groups is 1. The average Bonchev–Trinajstić information content (AvgIpc) is 2.93. The number of fused-ring (bicyclic) bond motifs is 5. The monoisotopic (exact) mass is 604 g/mol. The second kappa shape index (κ2) is 14.1. The molecule has 3 rings (SSSR count). The fourth-order valence-corrected chi connectivity index (χ4v) is 4.61. The minimum Gasteiger partial charge on any atom is -0.508 e. The molecular formula is C27H33ClN6O8. The van der Waals surface area contributed by atoms with Gasteiger partial charge in [0, 0.05) is 30.8 Å². The minimum absolute atomic E-state index is 0.0944. The van der Waals surface area contributed by atoms with Crippen molar-refractivity contribution in [1.29, 1.82) is 0 Å². The number of hydrogen-bond acceptors (Lipinski definition) is 9.